The molecule has 0 aliphatic carbocycles. The van der Waals surface area contributed by atoms with Crippen LogP contribution in [0.5, 0.6) is 0 Å². The second-order valence-electron chi connectivity index (χ2n) is 4.04. The van der Waals surface area contributed by atoms with E-state index < -0.39 is 6.03 Å². The SMILES string of the molecule is Cc1cc(=NC(=O)Nc2ccc(Cl)c(Cl)c2)ccn1O. The number of carbonyl (C=O) groups excluding carboxylic acids is 1. The molecular formula is C13H11Cl2N3O2. The lowest BCUT2D eigenvalue weighted by Crippen LogP contribution is -2.14. The number of urea groups is 1. The second kappa shape index (κ2) is 5.98. The molecule has 0 fully saturated rings. The van der Waals surface area contributed by atoms with Gasteiger partial charge in [0.1, 0.15) is 0 Å². The molecule has 2 aromatic rings. The summed E-state index contributed by atoms with van der Waals surface area (Å²) in [7, 11) is 0. The number of nitrogens with zero attached hydrogens (tertiary/aromatic N) is 2. The van der Waals surface area contributed by atoms with Crippen LogP contribution in [0.2, 0.25) is 10.0 Å². The zero-order valence-corrected chi connectivity index (χ0v) is 12.0. The zero-order valence-electron chi connectivity index (χ0n) is 10.5. The number of carbonyl (C=O) groups is 1. The van der Waals surface area contributed by atoms with Crippen molar-refractivity contribution >= 4 is 34.9 Å². The number of hydrogen-bond acceptors (Lipinski definition) is 2. The molecule has 0 spiro atoms. The molecule has 2 N–H and O–H groups in total. The molecule has 0 atom stereocenters. The lowest BCUT2D eigenvalue weighted by Gasteiger charge is -2.03. The van der Waals surface area contributed by atoms with Gasteiger partial charge in [-0.25, -0.2) is 4.79 Å². The lowest BCUT2D eigenvalue weighted by molar-refractivity contribution is 0.177. The van der Waals surface area contributed by atoms with Crippen molar-refractivity contribution in [1.82, 2.24) is 4.73 Å². The first-order chi connectivity index (χ1) is 9.45. The Labute approximate surface area is 125 Å². The van der Waals surface area contributed by atoms with Crippen molar-refractivity contribution in [2.24, 2.45) is 4.99 Å². The van der Waals surface area contributed by atoms with Crippen molar-refractivity contribution in [1.29, 1.82) is 0 Å². The number of aryl methyl sites for hydroxylation is 1. The van der Waals surface area contributed by atoms with Gasteiger partial charge >= 0.3 is 6.03 Å². The van der Waals surface area contributed by atoms with E-state index in [-0.39, 0.29) is 0 Å². The minimum Gasteiger partial charge on any atom is -0.429 e. The Morgan fingerprint density at radius 2 is 2.00 bits per heavy atom. The number of pyridine rings is 1. The predicted molar refractivity (Wildman–Crippen MR) is 77.4 cm³/mol. The van der Waals surface area contributed by atoms with Crippen molar-refractivity contribution < 1.29 is 10.0 Å². The maximum absolute atomic E-state index is 11.8. The van der Waals surface area contributed by atoms with Gasteiger partial charge in [0.15, 0.2) is 0 Å². The Hall–Kier alpha value is -1.98. The summed E-state index contributed by atoms with van der Waals surface area (Å²) in [5.41, 5.74) is 1.06. The first-order valence-electron chi connectivity index (χ1n) is 5.65. The number of amides is 2. The van der Waals surface area contributed by atoms with E-state index in [2.05, 4.69) is 10.3 Å². The van der Waals surface area contributed by atoms with Crippen LogP contribution in [0.3, 0.4) is 0 Å². The summed E-state index contributed by atoms with van der Waals surface area (Å²) in [4.78, 5) is 15.6. The monoisotopic (exact) mass is 311 g/mol. The summed E-state index contributed by atoms with van der Waals surface area (Å²) in [6.45, 7) is 1.69. The van der Waals surface area contributed by atoms with Gasteiger partial charge in [-0.05, 0) is 37.3 Å². The quantitative estimate of drug-likeness (QED) is 0.792. The van der Waals surface area contributed by atoms with Crippen LogP contribution < -0.4 is 10.7 Å². The molecule has 0 aliphatic heterocycles. The molecule has 0 bridgehead atoms. The third-order valence-electron chi connectivity index (χ3n) is 2.51. The number of rotatable bonds is 1. The van der Waals surface area contributed by atoms with Crippen LogP contribution in [-0.2, 0) is 0 Å². The first-order valence-corrected chi connectivity index (χ1v) is 6.40. The standard InChI is InChI=1S/C13H11Cl2N3O2/c1-8-6-10(4-5-18(8)20)17-13(19)16-9-2-3-11(14)12(15)7-9/h2-7,20H,1H3,(H,16,19). The average molecular weight is 312 g/mol. The highest BCUT2D eigenvalue weighted by molar-refractivity contribution is 6.42. The topological polar surface area (TPSA) is 66.6 Å². The fraction of sp³-hybridized carbons (Fsp3) is 0.0769. The number of hydrogen-bond donors (Lipinski definition) is 2. The molecule has 1 aromatic heterocycles. The third-order valence-corrected chi connectivity index (χ3v) is 3.25. The van der Waals surface area contributed by atoms with Crippen LogP contribution in [0.15, 0.2) is 41.5 Å². The van der Waals surface area contributed by atoms with Crippen molar-refractivity contribution in [2.75, 3.05) is 5.32 Å². The summed E-state index contributed by atoms with van der Waals surface area (Å²) in [5.74, 6) is 0. The maximum Gasteiger partial charge on any atom is 0.345 e. The van der Waals surface area contributed by atoms with Crippen LogP contribution in [0, 0.1) is 6.92 Å². The molecule has 0 aliphatic rings. The fourth-order valence-electron chi connectivity index (χ4n) is 1.50. The number of anilines is 1. The number of benzene rings is 1. The molecule has 7 heteroatoms. The van der Waals surface area contributed by atoms with E-state index in [1.54, 1.807) is 25.1 Å². The van der Waals surface area contributed by atoms with Crippen LogP contribution in [-0.4, -0.2) is 16.0 Å². The van der Waals surface area contributed by atoms with Gasteiger partial charge in [0.05, 0.1) is 21.1 Å². The number of aromatic nitrogens is 1. The van der Waals surface area contributed by atoms with Crippen molar-refractivity contribution in [3.8, 4) is 0 Å². The minimum atomic E-state index is -0.543. The Kier molecular flexibility index (Phi) is 4.32. The summed E-state index contributed by atoms with van der Waals surface area (Å²) in [5, 5.41) is 13.1. The molecule has 5 nitrogen and oxygen atoms in total. The van der Waals surface area contributed by atoms with E-state index in [0.717, 1.165) is 4.73 Å². The highest BCUT2D eigenvalue weighted by atomic mass is 35.5. The molecule has 104 valence electrons. The minimum absolute atomic E-state index is 0.348. The van der Waals surface area contributed by atoms with E-state index in [0.29, 0.717) is 26.8 Å². The lowest BCUT2D eigenvalue weighted by atomic mass is 10.3. The molecule has 0 radical (unpaired) electrons. The van der Waals surface area contributed by atoms with Crippen LogP contribution in [0.25, 0.3) is 0 Å². The van der Waals surface area contributed by atoms with Gasteiger partial charge in [-0.3, -0.25) is 0 Å². The highest BCUT2D eigenvalue weighted by Crippen LogP contribution is 2.24. The van der Waals surface area contributed by atoms with Crippen LogP contribution in [0.4, 0.5) is 10.5 Å². The maximum atomic E-state index is 11.8. The van der Waals surface area contributed by atoms with Crippen molar-refractivity contribution in [3.05, 3.63) is 57.6 Å². The smallest absolute Gasteiger partial charge is 0.345 e. The Bertz CT molecular complexity index is 726. The van der Waals surface area contributed by atoms with Gasteiger partial charge in [0.25, 0.3) is 0 Å². The average Bonchev–Trinajstić information content (AvgIpc) is 2.38. The van der Waals surface area contributed by atoms with E-state index in [4.69, 9.17) is 23.2 Å². The van der Waals surface area contributed by atoms with Crippen molar-refractivity contribution in [3.63, 3.8) is 0 Å². The highest BCUT2D eigenvalue weighted by Gasteiger charge is 2.03. The molecule has 1 heterocycles. The Morgan fingerprint density at radius 3 is 2.65 bits per heavy atom. The third kappa shape index (κ3) is 3.53. The zero-order chi connectivity index (χ0) is 14.7. The normalized spacial score (nSPS) is 11.4. The second-order valence-corrected chi connectivity index (χ2v) is 4.86. The van der Waals surface area contributed by atoms with Crippen LogP contribution >= 0.6 is 23.2 Å². The van der Waals surface area contributed by atoms with E-state index in [9.17, 15) is 10.0 Å². The van der Waals surface area contributed by atoms with E-state index >= 15 is 0 Å². The fourth-order valence-corrected chi connectivity index (χ4v) is 1.80. The van der Waals surface area contributed by atoms with Gasteiger partial charge in [-0.15, -0.1) is 0 Å². The molecular weight excluding hydrogens is 301 g/mol. The van der Waals surface area contributed by atoms with E-state index in [1.807, 2.05) is 0 Å². The molecule has 2 rings (SSSR count). The molecule has 1 aromatic carbocycles. The van der Waals surface area contributed by atoms with Crippen LogP contribution in [0.1, 0.15) is 5.69 Å². The van der Waals surface area contributed by atoms with Gasteiger partial charge < -0.3 is 10.5 Å². The predicted octanol–water partition coefficient (Wildman–Crippen LogP) is 3.47. The largest absolute Gasteiger partial charge is 0.429 e. The first kappa shape index (κ1) is 14.4. The summed E-state index contributed by atoms with van der Waals surface area (Å²) >= 11 is 11.6. The van der Waals surface area contributed by atoms with Gasteiger partial charge in [0, 0.05) is 11.9 Å². The molecule has 0 saturated heterocycles. The van der Waals surface area contributed by atoms with Gasteiger partial charge in [-0.2, -0.15) is 9.72 Å². The summed E-state index contributed by atoms with van der Waals surface area (Å²) in [6.07, 6.45) is 1.40. The van der Waals surface area contributed by atoms with Gasteiger partial charge in [0.2, 0.25) is 0 Å². The molecule has 0 unspecified atom stereocenters. The Morgan fingerprint density at radius 1 is 1.25 bits per heavy atom. The Balaban J connectivity index is 2.19. The van der Waals surface area contributed by atoms with Gasteiger partial charge in [-0.1, -0.05) is 23.2 Å². The summed E-state index contributed by atoms with van der Waals surface area (Å²) in [6, 6.07) is 7.30. The molecule has 2 amide bonds. The number of nitrogens with one attached hydrogen (secondary N) is 1. The molecule has 20 heavy (non-hydrogen) atoms. The van der Waals surface area contributed by atoms with E-state index in [1.165, 1.54) is 18.3 Å². The number of halogens is 2. The summed E-state index contributed by atoms with van der Waals surface area (Å²) < 4.78 is 0.940. The van der Waals surface area contributed by atoms with Crippen molar-refractivity contribution in [2.45, 2.75) is 6.92 Å². The molecule has 0 saturated carbocycles.